The number of aryl methyl sites for hydroxylation is 1. The van der Waals surface area contributed by atoms with E-state index in [4.69, 9.17) is 4.74 Å². The molecule has 1 unspecified atom stereocenters. The molecular weight excluding hydrogens is 274 g/mol. The van der Waals surface area contributed by atoms with Crippen molar-refractivity contribution in [2.75, 3.05) is 18.5 Å². The molecule has 2 heterocycles. The minimum absolute atomic E-state index is 0.337. The number of nitrogens with zero attached hydrogens (tertiary/aromatic N) is 2. The Balaban J connectivity index is 1.74. The lowest BCUT2D eigenvalue weighted by Gasteiger charge is -2.26. The van der Waals surface area contributed by atoms with Crippen molar-refractivity contribution in [2.24, 2.45) is 0 Å². The minimum Gasteiger partial charge on any atom is -0.493 e. The van der Waals surface area contributed by atoms with Crippen LogP contribution in [0.4, 0.5) is 5.82 Å². The molecule has 0 radical (unpaired) electrons. The van der Waals surface area contributed by atoms with Gasteiger partial charge in [0.05, 0.1) is 6.61 Å². The molecule has 1 N–H and O–H groups in total. The smallest absolute Gasteiger partial charge is 0.133 e. The highest BCUT2D eigenvalue weighted by molar-refractivity contribution is 5.41. The molecule has 1 aromatic heterocycles. The summed E-state index contributed by atoms with van der Waals surface area (Å²) in [5.74, 6) is 3.63. The number of hydrogen-bond donors (Lipinski definition) is 1. The van der Waals surface area contributed by atoms with Crippen molar-refractivity contribution in [3.63, 3.8) is 0 Å². The summed E-state index contributed by atoms with van der Waals surface area (Å²) in [6.07, 6.45) is 1.03. The molecule has 1 aliphatic rings. The van der Waals surface area contributed by atoms with Gasteiger partial charge in [-0.1, -0.05) is 32.0 Å². The molecule has 4 nitrogen and oxygen atoms in total. The first-order valence-corrected chi connectivity index (χ1v) is 7.94. The van der Waals surface area contributed by atoms with E-state index in [9.17, 15) is 0 Å². The lowest BCUT2D eigenvalue weighted by Crippen LogP contribution is -2.21. The van der Waals surface area contributed by atoms with Crippen LogP contribution >= 0.6 is 0 Å². The van der Waals surface area contributed by atoms with Crippen LogP contribution < -0.4 is 10.1 Å². The number of fused-ring (bicyclic) bond motifs is 1. The molecule has 1 atom stereocenters. The summed E-state index contributed by atoms with van der Waals surface area (Å²) in [5.41, 5.74) is 2.30. The topological polar surface area (TPSA) is 47.0 Å². The predicted octanol–water partition coefficient (Wildman–Crippen LogP) is 3.89. The fourth-order valence-corrected chi connectivity index (χ4v) is 2.80. The average molecular weight is 297 g/mol. The molecule has 0 spiro atoms. The van der Waals surface area contributed by atoms with Gasteiger partial charge in [-0.05, 0) is 25.0 Å². The third-order valence-electron chi connectivity index (χ3n) is 4.00. The van der Waals surface area contributed by atoms with Crippen molar-refractivity contribution >= 4 is 5.82 Å². The van der Waals surface area contributed by atoms with E-state index in [-0.39, 0.29) is 0 Å². The Morgan fingerprint density at radius 2 is 2.09 bits per heavy atom. The maximum absolute atomic E-state index is 5.72. The van der Waals surface area contributed by atoms with Gasteiger partial charge in [-0.2, -0.15) is 0 Å². The van der Waals surface area contributed by atoms with Gasteiger partial charge in [0.1, 0.15) is 17.4 Å². The summed E-state index contributed by atoms with van der Waals surface area (Å²) in [4.78, 5) is 9.11. The number of hydrogen-bond acceptors (Lipinski definition) is 4. The quantitative estimate of drug-likeness (QED) is 0.930. The molecule has 0 aliphatic carbocycles. The largest absolute Gasteiger partial charge is 0.493 e. The standard InChI is InChI=1S/C18H23N3O/c1-12(2)18-20-13(3)10-17(21-18)19-11-14-8-9-22-16-7-5-4-6-15(14)16/h4-7,10,12,14H,8-9,11H2,1-3H3,(H,19,20,21). The van der Waals surface area contributed by atoms with Gasteiger partial charge in [-0.3, -0.25) is 0 Å². The fraction of sp³-hybridized carbons (Fsp3) is 0.444. The van der Waals surface area contributed by atoms with Crippen LogP contribution in [0.15, 0.2) is 30.3 Å². The lowest BCUT2D eigenvalue weighted by atomic mass is 9.93. The van der Waals surface area contributed by atoms with Crippen LogP contribution in [0.2, 0.25) is 0 Å². The summed E-state index contributed by atoms with van der Waals surface area (Å²) < 4.78 is 5.72. The Hall–Kier alpha value is -2.10. The molecular formula is C18H23N3O. The molecule has 0 bridgehead atoms. The molecule has 4 heteroatoms. The highest BCUT2D eigenvalue weighted by atomic mass is 16.5. The number of benzene rings is 1. The summed E-state index contributed by atoms with van der Waals surface area (Å²) in [7, 11) is 0. The van der Waals surface area contributed by atoms with E-state index >= 15 is 0 Å². The van der Waals surface area contributed by atoms with Gasteiger partial charge in [0, 0.05) is 30.1 Å². The first-order chi connectivity index (χ1) is 10.6. The molecule has 2 aromatic rings. The number of ether oxygens (including phenoxy) is 1. The van der Waals surface area contributed by atoms with Gasteiger partial charge in [0.25, 0.3) is 0 Å². The minimum atomic E-state index is 0.337. The third-order valence-corrected chi connectivity index (χ3v) is 4.00. The maximum atomic E-state index is 5.72. The number of anilines is 1. The molecule has 1 aromatic carbocycles. The third kappa shape index (κ3) is 3.21. The first kappa shape index (κ1) is 14.8. The van der Waals surface area contributed by atoms with Gasteiger partial charge in [0.2, 0.25) is 0 Å². The molecule has 116 valence electrons. The van der Waals surface area contributed by atoms with E-state index in [1.165, 1.54) is 5.56 Å². The summed E-state index contributed by atoms with van der Waals surface area (Å²) in [5, 5.41) is 3.48. The summed E-state index contributed by atoms with van der Waals surface area (Å²) >= 11 is 0. The van der Waals surface area contributed by atoms with Crippen LogP contribution in [0.1, 0.15) is 49.2 Å². The highest BCUT2D eigenvalue weighted by Crippen LogP contribution is 2.33. The second-order valence-electron chi connectivity index (χ2n) is 6.16. The molecule has 1 aliphatic heterocycles. The van der Waals surface area contributed by atoms with E-state index in [0.717, 1.165) is 42.7 Å². The van der Waals surface area contributed by atoms with Crippen LogP contribution in [0.25, 0.3) is 0 Å². The average Bonchev–Trinajstić information content (AvgIpc) is 2.52. The van der Waals surface area contributed by atoms with Crippen LogP contribution in [0.3, 0.4) is 0 Å². The van der Waals surface area contributed by atoms with E-state index < -0.39 is 0 Å². The van der Waals surface area contributed by atoms with Gasteiger partial charge >= 0.3 is 0 Å². The Kier molecular flexibility index (Phi) is 4.27. The normalized spacial score (nSPS) is 17.0. The Morgan fingerprint density at radius 1 is 1.27 bits per heavy atom. The molecule has 3 rings (SSSR count). The van der Waals surface area contributed by atoms with Crippen LogP contribution in [0.5, 0.6) is 5.75 Å². The van der Waals surface area contributed by atoms with Crippen molar-refractivity contribution < 1.29 is 4.74 Å². The van der Waals surface area contributed by atoms with Crippen LogP contribution in [-0.4, -0.2) is 23.1 Å². The van der Waals surface area contributed by atoms with Crippen molar-refractivity contribution in [3.8, 4) is 5.75 Å². The zero-order valence-electron chi connectivity index (χ0n) is 13.5. The number of para-hydroxylation sites is 1. The second-order valence-corrected chi connectivity index (χ2v) is 6.16. The zero-order chi connectivity index (χ0) is 15.5. The maximum Gasteiger partial charge on any atom is 0.133 e. The van der Waals surface area contributed by atoms with Crippen molar-refractivity contribution in [2.45, 2.75) is 39.0 Å². The summed E-state index contributed by atoms with van der Waals surface area (Å²) in [6.45, 7) is 7.90. The van der Waals surface area contributed by atoms with Crippen LogP contribution in [-0.2, 0) is 0 Å². The van der Waals surface area contributed by atoms with E-state index in [1.54, 1.807) is 0 Å². The zero-order valence-corrected chi connectivity index (χ0v) is 13.5. The Morgan fingerprint density at radius 3 is 2.91 bits per heavy atom. The van der Waals surface area contributed by atoms with Crippen molar-refractivity contribution in [3.05, 3.63) is 47.4 Å². The molecule has 0 amide bonds. The van der Waals surface area contributed by atoms with E-state index in [0.29, 0.717) is 11.8 Å². The molecule has 0 saturated heterocycles. The van der Waals surface area contributed by atoms with E-state index in [2.05, 4.69) is 41.3 Å². The van der Waals surface area contributed by atoms with Gasteiger partial charge in [-0.25, -0.2) is 9.97 Å². The Labute approximate surface area is 132 Å². The van der Waals surface area contributed by atoms with Gasteiger partial charge in [-0.15, -0.1) is 0 Å². The van der Waals surface area contributed by atoms with Crippen molar-refractivity contribution in [1.29, 1.82) is 0 Å². The van der Waals surface area contributed by atoms with Gasteiger partial charge < -0.3 is 10.1 Å². The second kappa shape index (κ2) is 6.34. The first-order valence-electron chi connectivity index (χ1n) is 7.94. The predicted molar refractivity (Wildman–Crippen MR) is 88.6 cm³/mol. The Bertz CT molecular complexity index is 655. The monoisotopic (exact) mass is 297 g/mol. The number of nitrogens with one attached hydrogen (secondary N) is 1. The SMILES string of the molecule is Cc1cc(NCC2CCOc3ccccc32)nc(C(C)C)n1. The molecule has 22 heavy (non-hydrogen) atoms. The summed E-state index contributed by atoms with van der Waals surface area (Å²) in [6, 6.07) is 10.3. The molecule has 0 saturated carbocycles. The lowest BCUT2D eigenvalue weighted by molar-refractivity contribution is 0.270. The number of aromatic nitrogens is 2. The fourth-order valence-electron chi connectivity index (χ4n) is 2.80. The van der Waals surface area contributed by atoms with Crippen molar-refractivity contribution in [1.82, 2.24) is 9.97 Å². The number of rotatable bonds is 4. The van der Waals surface area contributed by atoms with E-state index in [1.807, 2.05) is 25.1 Å². The van der Waals surface area contributed by atoms with Gasteiger partial charge in [0.15, 0.2) is 0 Å². The highest BCUT2D eigenvalue weighted by Gasteiger charge is 2.21. The van der Waals surface area contributed by atoms with Crippen LogP contribution in [0, 0.1) is 6.92 Å². The molecule has 0 fully saturated rings.